The second-order valence-electron chi connectivity index (χ2n) is 12.7. The van der Waals surface area contributed by atoms with E-state index in [1.807, 2.05) is 60.9 Å². The standard InChI is InChI=1S/C38H39ClN4O8S/c1-20-15-26(44)31(35(46)38(20)36(47)32-27(49-3)18-28(50-4)33(39)34(32)51-38)24(22-11-13-23(52-5)14-12-22)17-30(45)40-25(16-21-9-7-6-8-10-21)37-41-29(19-48-2)42-43-37/h6-14,18,20,24-25,46H,15-17,19H2,1-5H3,(H,40,45)(H,41,42,43). The number of nitrogens with one attached hydrogen (secondary N) is 2. The Kier molecular flexibility index (Phi) is 10.9. The van der Waals surface area contributed by atoms with Crippen LogP contribution in [0.1, 0.15) is 64.9 Å². The summed E-state index contributed by atoms with van der Waals surface area (Å²) in [6, 6.07) is 17.8. The number of hydrogen-bond donors (Lipinski definition) is 3. The zero-order valence-corrected chi connectivity index (χ0v) is 30.9. The van der Waals surface area contributed by atoms with Gasteiger partial charge in [0.15, 0.2) is 28.9 Å². The number of methoxy groups -OCH3 is 3. The molecule has 0 bridgehead atoms. The molecule has 1 amide bonds. The Morgan fingerprint density at radius 1 is 1.12 bits per heavy atom. The fraction of sp³-hybridized carbons (Fsp3) is 0.342. The Morgan fingerprint density at radius 3 is 2.48 bits per heavy atom. The third-order valence-electron chi connectivity index (χ3n) is 9.53. The van der Waals surface area contributed by atoms with Crippen molar-refractivity contribution >= 4 is 40.8 Å². The molecule has 4 atom stereocenters. The molecule has 3 aromatic carbocycles. The molecule has 12 nitrogen and oxygen atoms in total. The van der Waals surface area contributed by atoms with Crippen LogP contribution in [0.25, 0.3) is 0 Å². The molecule has 2 aliphatic rings. The molecule has 0 radical (unpaired) electrons. The molecule has 52 heavy (non-hydrogen) atoms. The fourth-order valence-corrected chi connectivity index (χ4v) is 7.60. The van der Waals surface area contributed by atoms with Gasteiger partial charge in [-0.15, -0.1) is 11.8 Å². The van der Waals surface area contributed by atoms with Gasteiger partial charge < -0.3 is 29.4 Å². The summed E-state index contributed by atoms with van der Waals surface area (Å²) in [5.41, 5.74) is -0.533. The van der Waals surface area contributed by atoms with E-state index in [0.29, 0.717) is 23.6 Å². The number of Topliss-reactive ketones (excluding diaryl/α,β-unsaturated/α-hetero) is 2. The Hall–Kier alpha value is -4.85. The topological polar surface area (TPSA) is 162 Å². The number of aromatic nitrogens is 3. The van der Waals surface area contributed by atoms with Crippen molar-refractivity contribution in [3.8, 4) is 17.2 Å². The van der Waals surface area contributed by atoms with E-state index in [1.54, 1.807) is 14.0 Å². The number of carbonyl (C=O) groups is 3. The molecule has 1 aromatic heterocycles. The molecule has 4 unspecified atom stereocenters. The summed E-state index contributed by atoms with van der Waals surface area (Å²) in [6.07, 6.45) is 1.92. The van der Waals surface area contributed by atoms with E-state index >= 15 is 0 Å². The number of amides is 1. The quantitative estimate of drug-likeness (QED) is 0.131. The van der Waals surface area contributed by atoms with Crippen molar-refractivity contribution in [2.24, 2.45) is 5.92 Å². The van der Waals surface area contributed by atoms with Crippen molar-refractivity contribution in [3.05, 3.63) is 105 Å². The lowest BCUT2D eigenvalue weighted by Crippen LogP contribution is -2.53. The second-order valence-corrected chi connectivity index (χ2v) is 13.9. The van der Waals surface area contributed by atoms with Crippen LogP contribution in [0.5, 0.6) is 17.2 Å². The molecular formula is C38H39ClN4O8S. The van der Waals surface area contributed by atoms with Crippen LogP contribution in [0.15, 0.2) is 76.9 Å². The lowest BCUT2D eigenvalue weighted by Gasteiger charge is -2.38. The molecule has 14 heteroatoms. The first-order valence-electron chi connectivity index (χ1n) is 16.6. The van der Waals surface area contributed by atoms with Gasteiger partial charge in [0.05, 0.1) is 20.3 Å². The maximum atomic E-state index is 14.4. The lowest BCUT2D eigenvalue weighted by molar-refractivity contribution is -0.122. The number of allylic oxidation sites excluding steroid dienone is 1. The number of H-pyrrole nitrogens is 1. The summed E-state index contributed by atoms with van der Waals surface area (Å²) < 4.78 is 22.5. The highest BCUT2D eigenvalue weighted by Gasteiger charge is 2.61. The van der Waals surface area contributed by atoms with Gasteiger partial charge in [-0.05, 0) is 29.5 Å². The molecule has 3 N–H and O–H groups in total. The molecule has 0 saturated carbocycles. The maximum absolute atomic E-state index is 14.4. The minimum Gasteiger partial charge on any atom is -0.507 e. The van der Waals surface area contributed by atoms with Gasteiger partial charge in [0.25, 0.3) is 0 Å². The van der Waals surface area contributed by atoms with Gasteiger partial charge in [0.2, 0.25) is 17.3 Å². The van der Waals surface area contributed by atoms with Gasteiger partial charge in [-0.25, -0.2) is 4.98 Å². The second kappa shape index (κ2) is 15.4. The number of halogens is 1. The average molecular weight is 747 g/mol. The largest absolute Gasteiger partial charge is 0.507 e. The number of hydrogen-bond acceptors (Lipinski definition) is 11. The summed E-state index contributed by atoms with van der Waals surface area (Å²) in [5, 5.41) is 22.6. The van der Waals surface area contributed by atoms with Gasteiger partial charge in [-0.3, -0.25) is 19.5 Å². The van der Waals surface area contributed by atoms with Crippen molar-refractivity contribution in [2.75, 3.05) is 27.6 Å². The number of nitrogens with zero attached hydrogens (tertiary/aromatic N) is 2. The average Bonchev–Trinajstić information content (AvgIpc) is 3.74. The fourth-order valence-electron chi connectivity index (χ4n) is 6.92. The van der Waals surface area contributed by atoms with Gasteiger partial charge >= 0.3 is 0 Å². The molecule has 6 rings (SSSR count). The summed E-state index contributed by atoms with van der Waals surface area (Å²) in [6.45, 7) is 1.86. The minimum absolute atomic E-state index is 0.0170. The van der Waals surface area contributed by atoms with E-state index in [-0.39, 0.29) is 52.9 Å². The molecule has 1 spiro atoms. The van der Waals surface area contributed by atoms with Gasteiger partial charge in [-0.1, -0.05) is 61.0 Å². The molecule has 0 fully saturated rings. The number of thioether (sulfide) groups is 1. The Bertz CT molecular complexity index is 2020. The molecule has 272 valence electrons. The number of aliphatic hydroxyl groups is 1. The highest BCUT2D eigenvalue weighted by Crippen LogP contribution is 2.55. The van der Waals surface area contributed by atoms with Crippen LogP contribution in [-0.4, -0.2) is 70.9 Å². The van der Waals surface area contributed by atoms with Gasteiger partial charge in [-0.2, -0.15) is 5.10 Å². The third kappa shape index (κ3) is 6.75. The van der Waals surface area contributed by atoms with E-state index in [0.717, 1.165) is 10.5 Å². The highest BCUT2D eigenvalue weighted by molar-refractivity contribution is 7.98. The summed E-state index contributed by atoms with van der Waals surface area (Å²) in [5.74, 6) is -2.60. The first kappa shape index (κ1) is 36.9. The van der Waals surface area contributed by atoms with Gasteiger partial charge in [0.1, 0.15) is 28.7 Å². The maximum Gasteiger partial charge on any atom is 0.231 e. The number of ether oxygens (including phenoxy) is 4. The summed E-state index contributed by atoms with van der Waals surface area (Å²) in [7, 11) is 4.36. The SMILES string of the molecule is COCc1nc(C(Cc2ccccc2)NC(=O)CC(C2=C(O)C3(Oc4c(Cl)c(OC)cc(OC)c4C3=O)C(C)CC2=O)c2ccc(SC)cc2)n[nH]1. The van der Waals surface area contributed by atoms with E-state index < -0.39 is 46.7 Å². The van der Waals surface area contributed by atoms with Gasteiger partial charge in [0, 0.05) is 54.7 Å². The lowest BCUT2D eigenvalue weighted by atomic mass is 9.69. The van der Waals surface area contributed by atoms with Crippen LogP contribution in [0, 0.1) is 5.92 Å². The van der Waals surface area contributed by atoms with Crippen LogP contribution in [0.4, 0.5) is 0 Å². The summed E-state index contributed by atoms with van der Waals surface area (Å²) in [4.78, 5) is 48.2. The highest BCUT2D eigenvalue weighted by atomic mass is 35.5. The number of aromatic amines is 1. The van der Waals surface area contributed by atoms with Crippen molar-refractivity contribution < 1.29 is 38.4 Å². The Balaban J connectivity index is 1.42. The van der Waals surface area contributed by atoms with Crippen molar-refractivity contribution in [1.82, 2.24) is 20.5 Å². The van der Waals surface area contributed by atoms with Crippen LogP contribution in [0.2, 0.25) is 5.02 Å². The number of ketones is 2. The molecule has 1 aliphatic carbocycles. The minimum atomic E-state index is -2.00. The van der Waals surface area contributed by atoms with E-state index in [1.165, 1.54) is 32.0 Å². The van der Waals surface area contributed by atoms with Crippen LogP contribution in [-0.2, 0) is 27.4 Å². The summed E-state index contributed by atoms with van der Waals surface area (Å²) >= 11 is 8.18. The zero-order chi connectivity index (χ0) is 37.2. The van der Waals surface area contributed by atoms with Crippen molar-refractivity contribution in [1.29, 1.82) is 0 Å². The smallest absolute Gasteiger partial charge is 0.231 e. The predicted molar refractivity (Wildman–Crippen MR) is 194 cm³/mol. The van der Waals surface area contributed by atoms with Crippen LogP contribution in [0.3, 0.4) is 0 Å². The van der Waals surface area contributed by atoms with E-state index in [2.05, 4.69) is 20.5 Å². The number of fused-ring (bicyclic) bond motifs is 1. The van der Waals surface area contributed by atoms with E-state index in [4.69, 9.17) is 30.5 Å². The predicted octanol–water partition coefficient (Wildman–Crippen LogP) is 6.35. The number of benzene rings is 3. The van der Waals surface area contributed by atoms with Crippen LogP contribution < -0.4 is 19.5 Å². The van der Waals surface area contributed by atoms with Crippen molar-refractivity contribution in [2.45, 2.75) is 55.2 Å². The van der Waals surface area contributed by atoms with E-state index in [9.17, 15) is 19.5 Å². The normalized spacial score (nSPS) is 19.3. The zero-order valence-electron chi connectivity index (χ0n) is 29.3. The third-order valence-corrected chi connectivity index (χ3v) is 10.6. The first-order chi connectivity index (χ1) is 25.1. The Morgan fingerprint density at radius 2 is 1.83 bits per heavy atom. The number of aliphatic hydroxyl groups excluding tert-OH is 1. The monoisotopic (exact) mass is 746 g/mol. The molecule has 4 aromatic rings. The van der Waals surface area contributed by atoms with Crippen molar-refractivity contribution in [3.63, 3.8) is 0 Å². The molecular weight excluding hydrogens is 708 g/mol. The molecule has 0 saturated heterocycles. The molecule has 2 heterocycles. The first-order valence-corrected chi connectivity index (χ1v) is 18.2. The Labute approximate surface area is 310 Å². The molecule has 1 aliphatic heterocycles. The number of rotatable bonds is 13. The number of carbonyl (C=O) groups excluding carboxylic acids is 3. The van der Waals surface area contributed by atoms with Crippen LogP contribution >= 0.6 is 23.4 Å².